The third-order valence-electron chi connectivity index (χ3n) is 3.74. The molecule has 3 rings (SSSR count). The third kappa shape index (κ3) is 1.69. The highest BCUT2D eigenvalue weighted by Gasteiger charge is 2.52. The lowest BCUT2D eigenvalue weighted by atomic mass is 10.1. The molecule has 92 valence electrons. The van der Waals surface area contributed by atoms with Crippen molar-refractivity contribution in [3.8, 4) is 6.07 Å². The standard InChI is InChI=1S/C12H12N4O2/c13-4-7-1-2-8(3-11(7)16(17)18)15-12-9-5-14-6-10(9)12/h1-3,9-10,12,14-15H,5-6H2. The molecule has 1 aliphatic carbocycles. The summed E-state index contributed by atoms with van der Waals surface area (Å²) in [5, 5.41) is 26.3. The van der Waals surface area contributed by atoms with Gasteiger partial charge in [0, 0.05) is 30.9 Å². The highest BCUT2D eigenvalue weighted by atomic mass is 16.6. The van der Waals surface area contributed by atoms with Gasteiger partial charge >= 0.3 is 0 Å². The summed E-state index contributed by atoms with van der Waals surface area (Å²) < 4.78 is 0. The number of anilines is 1. The van der Waals surface area contributed by atoms with E-state index < -0.39 is 4.92 Å². The quantitative estimate of drug-likeness (QED) is 0.613. The molecule has 0 radical (unpaired) electrons. The van der Waals surface area contributed by atoms with Crippen LogP contribution in [0.4, 0.5) is 11.4 Å². The minimum atomic E-state index is -0.515. The van der Waals surface area contributed by atoms with Gasteiger partial charge in [0.25, 0.3) is 5.69 Å². The molecule has 18 heavy (non-hydrogen) atoms. The van der Waals surface area contributed by atoms with Gasteiger partial charge in [-0.25, -0.2) is 0 Å². The average Bonchev–Trinajstić information content (AvgIpc) is 2.81. The molecule has 0 aromatic heterocycles. The van der Waals surface area contributed by atoms with Gasteiger partial charge in [0.15, 0.2) is 0 Å². The van der Waals surface area contributed by atoms with Crippen LogP contribution in [0.5, 0.6) is 0 Å². The Morgan fingerprint density at radius 3 is 2.78 bits per heavy atom. The Morgan fingerprint density at radius 2 is 2.17 bits per heavy atom. The number of rotatable bonds is 3. The van der Waals surface area contributed by atoms with E-state index in [4.69, 9.17) is 5.26 Å². The molecule has 1 aliphatic heterocycles. The van der Waals surface area contributed by atoms with Gasteiger partial charge in [-0.15, -0.1) is 0 Å². The first kappa shape index (κ1) is 11.0. The molecule has 0 amide bonds. The molecule has 1 aromatic carbocycles. The number of hydrogen-bond acceptors (Lipinski definition) is 5. The number of nitro benzene ring substituents is 1. The lowest BCUT2D eigenvalue weighted by Gasteiger charge is -2.09. The summed E-state index contributed by atoms with van der Waals surface area (Å²) >= 11 is 0. The number of nitrogens with zero attached hydrogens (tertiary/aromatic N) is 2. The summed E-state index contributed by atoms with van der Waals surface area (Å²) in [5.74, 6) is 1.28. The van der Waals surface area contributed by atoms with E-state index in [-0.39, 0.29) is 11.3 Å². The second-order valence-electron chi connectivity index (χ2n) is 4.76. The van der Waals surface area contributed by atoms with Gasteiger partial charge in [0.2, 0.25) is 0 Å². The van der Waals surface area contributed by atoms with Crippen LogP contribution >= 0.6 is 0 Å². The number of piperidine rings is 1. The van der Waals surface area contributed by atoms with Gasteiger partial charge in [0.05, 0.1) is 4.92 Å². The maximum atomic E-state index is 10.8. The van der Waals surface area contributed by atoms with E-state index in [1.165, 1.54) is 12.1 Å². The number of hydrogen-bond donors (Lipinski definition) is 2. The van der Waals surface area contributed by atoms with Crippen molar-refractivity contribution >= 4 is 11.4 Å². The predicted octanol–water partition coefficient (Wildman–Crippen LogP) is 1.10. The van der Waals surface area contributed by atoms with Crippen LogP contribution in [0.2, 0.25) is 0 Å². The Bertz CT molecular complexity index is 541. The van der Waals surface area contributed by atoms with Gasteiger partial charge < -0.3 is 10.6 Å². The Hall–Kier alpha value is -2.13. The Labute approximate surface area is 104 Å². The third-order valence-corrected chi connectivity index (χ3v) is 3.74. The normalized spacial score (nSPS) is 28.3. The van der Waals surface area contributed by atoms with E-state index >= 15 is 0 Å². The van der Waals surface area contributed by atoms with Gasteiger partial charge in [-0.3, -0.25) is 10.1 Å². The Balaban J connectivity index is 1.79. The van der Waals surface area contributed by atoms with E-state index in [2.05, 4.69) is 10.6 Å². The van der Waals surface area contributed by atoms with E-state index in [0.717, 1.165) is 18.8 Å². The zero-order valence-corrected chi connectivity index (χ0v) is 9.59. The van der Waals surface area contributed by atoms with Crippen LogP contribution in [0.25, 0.3) is 0 Å². The summed E-state index contributed by atoms with van der Waals surface area (Å²) in [4.78, 5) is 10.3. The number of nitro groups is 1. The molecular weight excluding hydrogens is 232 g/mol. The molecule has 2 unspecified atom stereocenters. The lowest BCUT2D eigenvalue weighted by molar-refractivity contribution is -0.385. The Morgan fingerprint density at radius 1 is 1.44 bits per heavy atom. The van der Waals surface area contributed by atoms with Crippen molar-refractivity contribution in [3.63, 3.8) is 0 Å². The molecule has 1 heterocycles. The molecule has 2 atom stereocenters. The lowest BCUT2D eigenvalue weighted by Crippen LogP contribution is -2.21. The monoisotopic (exact) mass is 244 g/mol. The second-order valence-corrected chi connectivity index (χ2v) is 4.76. The number of nitriles is 1. The van der Waals surface area contributed by atoms with Crippen LogP contribution in [0.15, 0.2) is 18.2 Å². The molecule has 6 nitrogen and oxygen atoms in total. The minimum absolute atomic E-state index is 0.100. The Kier molecular flexibility index (Phi) is 2.42. The van der Waals surface area contributed by atoms with Gasteiger partial charge in [-0.05, 0) is 24.0 Å². The van der Waals surface area contributed by atoms with Crippen molar-refractivity contribution in [1.82, 2.24) is 5.32 Å². The number of nitrogens with one attached hydrogen (secondary N) is 2. The highest BCUT2D eigenvalue weighted by molar-refractivity contribution is 5.60. The largest absolute Gasteiger partial charge is 0.381 e. The molecule has 0 spiro atoms. The molecule has 2 N–H and O–H groups in total. The molecule has 2 aliphatic rings. The number of fused-ring (bicyclic) bond motifs is 1. The molecular formula is C12H12N4O2. The van der Waals surface area contributed by atoms with Crippen LogP contribution in [0.3, 0.4) is 0 Å². The first-order valence-corrected chi connectivity index (χ1v) is 5.86. The number of benzene rings is 1. The van der Waals surface area contributed by atoms with E-state index in [9.17, 15) is 10.1 Å². The van der Waals surface area contributed by atoms with E-state index in [1.807, 2.05) is 6.07 Å². The molecule has 1 saturated carbocycles. The molecule has 2 fully saturated rings. The molecule has 1 saturated heterocycles. The van der Waals surface area contributed by atoms with Gasteiger partial charge in [-0.2, -0.15) is 5.26 Å². The summed E-state index contributed by atoms with van der Waals surface area (Å²) in [7, 11) is 0. The minimum Gasteiger partial charge on any atom is -0.381 e. The summed E-state index contributed by atoms with van der Waals surface area (Å²) in [6.07, 6.45) is 0. The zero-order chi connectivity index (χ0) is 12.7. The topological polar surface area (TPSA) is 91.0 Å². The van der Waals surface area contributed by atoms with Crippen LogP contribution in [-0.4, -0.2) is 24.1 Å². The fourth-order valence-corrected chi connectivity index (χ4v) is 2.69. The second kappa shape index (κ2) is 3.96. The van der Waals surface area contributed by atoms with Crippen molar-refractivity contribution in [3.05, 3.63) is 33.9 Å². The fraction of sp³-hybridized carbons (Fsp3) is 0.417. The average molecular weight is 244 g/mol. The summed E-state index contributed by atoms with van der Waals surface area (Å²) in [6, 6.07) is 6.92. The van der Waals surface area contributed by atoms with Gasteiger partial charge in [-0.1, -0.05) is 0 Å². The summed E-state index contributed by atoms with van der Waals surface area (Å²) in [5.41, 5.74) is 0.690. The first-order valence-electron chi connectivity index (χ1n) is 5.86. The van der Waals surface area contributed by atoms with Crippen LogP contribution in [0, 0.1) is 33.3 Å². The molecule has 0 bridgehead atoms. The maximum absolute atomic E-state index is 10.8. The van der Waals surface area contributed by atoms with Crippen LogP contribution < -0.4 is 10.6 Å². The van der Waals surface area contributed by atoms with Crippen LogP contribution in [0.1, 0.15) is 5.56 Å². The predicted molar refractivity (Wildman–Crippen MR) is 65.1 cm³/mol. The molecule has 1 aromatic rings. The van der Waals surface area contributed by atoms with E-state index in [0.29, 0.717) is 17.9 Å². The summed E-state index contributed by atoms with van der Waals surface area (Å²) in [6.45, 7) is 2.03. The van der Waals surface area contributed by atoms with Crippen LogP contribution in [-0.2, 0) is 0 Å². The fourth-order valence-electron chi connectivity index (χ4n) is 2.69. The van der Waals surface area contributed by atoms with Crippen molar-refractivity contribution in [2.45, 2.75) is 6.04 Å². The van der Waals surface area contributed by atoms with Crippen molar-refractivity contribution in [2.75, 3.05) is 18.4 Å². The smallest absolute Gasteiger partial charge is 0.289 e. The van der Waals surface area contributed by atoms with Crippen molar-refractivity contribution in [1.29, 1.82) is 5.26 Å². The SMILES string of the molecule is N#Cc1ccc(NC2C3CNCC32)cc1[N+](=O)[O-]. The van der Waals surface area contributed by atoms with E-state index in [1.54, 1.807) is 6.07 Å². The maximum Gasteiger partial charge on any atom is 0.289 e. The molecule has 6 heteroatoms. The van der Waals surface area contributed by atoms with Crippen molar-refractivity contribution in [2.24, 2.45) is 11.8 Å². The van der Waals surface area contributed by atoms with Crippen molar-refractivity contribution < 1.29 is 4.92 Å². The zero-order valence-electron chi connectivity index (χ0n) is 9.59. The first-order chi connectivity index (χ1) is 8.70. The van der Waals surface area contributed by atoms with Gasteiger partial charge in [0.1, 0.15) is 11.6 Å². The highest BCUT2D eigenvalue weighted by Crippen LogP contribution is 2.44.